The molecule has 1 atom stereocenters. The second-order valence-corrected chi connectivity index (χ2v) is 5.47. The molecule has 1 heterocycles. The number of rotatable bonds is 9. The third-order valence-corrected chi connectivity index (χ3v) is 3.52. The van der Waals surface area contributed by atoms with Crippen LogP contribution in [0.5, 0.6) is 0 Å². The van der Waals surface area contributed by atoms with Gasteiger partial charge in [0.05, 0.1) is 0 Å². The lowest BCUT2D eigenvalue weighted by Crippen LogP contribution is -2.27. The Bertz CT molecular complexity index is 361. The van der Waals surface area contributed by atoms with Crippen LogP contribution >= 0.6 is 0 Å². The summed E-state index contributed by atoms with van der Waals surface area (Å²) in [5.74, 6) is 1.08. The summed E-state index contributed by atoms with van der Waals surface area (Å²) in [5.41, 5.74) is 1.25. The van der Waals surface area contributed by atoms with Crippen LogP contribution < -0.4 is 10.2 Å². The Morgan fingerprint density at radius 1 is 1.20 bits per heavy atom. The molecule has 0 spiro atoms. The molecule has 114 valence electrons. The van der Waals surface area contributed by atoms with E-state index < -0.39 is 0 Å². The van der Waals surface area contributed by atoms with Gasteiger partial charge in [0.1, 0.15) is 5.82 Å². The molecule has 0 amide bonds. The van der Waals surface area contributed by atoms with E-state index in [2.05, 4.69) is 67.1 Å². The van der Waals surface area contributed by atoms with Crippen molar-refractivity contribution in [3.05, 3.63) is 23.9 Å². The van der Waals surface area contributed by atoms with Crippen LogP contribution in [-0.4, -0.2) is 50.2 Å². The molecule has 1 unspecified atom stereocenters. The van der Waals surface area contributed by atoms with Gasteiger partial charge in [0, 0.05) is 25.3 Å². The smallest absolute Gasteiger partial charge is 0.128 e. The fourth-order valence-corrected chi connectivity index (χ4v) is 2.28. The zero-order chi connectivity index (χ0) is 15.0. The van der Waals surface area contributed by atoms with E-state index in [0.717, 1.165) is 38.4 Å². The van der Waals surface area contributed by atoms with E-state index in [1.54, 1.807) is 0 Å². The average Bonchev–Trinajstić information content (AvgIpc) is 2.44. The second-order valence-electron chi connectivity index (χ2n) is 5.47. The lowest BCUT2D eigenvalue weighted by atomic mass is 10.1. The first-order chi connectivity index (χ1) is 9.58. The summed E-state index contributed by atoms with van der Waals surface area (Å²) in [7, 11) is 4.23. The molecular weight excluding hydrogens is 248 g/mol. The van der Waals surface area contributed by atoms with Gasteiger partial charge in [-0.3, -0.25) is 0 Å². The Morgan fingerprint density at radius 3 is 2.45 bits per heavy atom. The first-order valence-corrected chi connectivity index (χ1v) is 7.67. The number of anilines is 1. The monoisotopic (exact) mass is 278 g/mol. The highest BCUT2D eigenvalue weighted by atomic mass is 15.2. The molecule has 0 bridgehead atoms. The predicted molar refractivity (Wildman–Crippen MR) is 87.4 cm³/mol. The number of nitrogens with one attached hydrogen (secondary N) is 1. The Kier molecular flexibility index (Phi) is 7.55. The van der Waals surface area contributed by atoms with Crippen molar-refractivity contribution in [2.75, 3.05) is 45.2 Å². The zero-order valence-electron chi connectivity index (χ0n) is 13.7. The van der Waals surface area contributed by atoms with Crippen LogP contribution in [0.3, 0.4) is 0 Å². The van der Waals surface area contributed by atoms with Crippen molar-refractivity contribution in [3.8, 4) is 0 Å². The Balaban J connectivity index is 2.60. The van der Waals surface area contributed by atoms with Gasteiger partial charge in [0.25, 0.3) is 0 Å². The summed E-state index contributed by atoms with van der Waals surface area (Å²) >= 11 is 0. The molecular formula is C16H30N4. The molecule has 0 aliphatic rings. The summed E-state index contributed by atoms with van der Waals surface area (Å²) in [6.07, 6.45) is 3.16. The molecule has 4 heteroatoms. The van der Waals surface area contributed by atoms with Crippen molar-refractivity contribution in [1.82, 2.24) is 15.2 Å². The SMILES string of the molecule is CCNC(C)c1ccc(N(CC)CCCN(C)C)nc1. The fraction of sp³-hybridized carbons (Fsp3) is 0.688. The van der Waals surface area contributed by atoms with Crippen LogP contribution in [0, 0.1) is 0 Å². The first-order valence-electron chi connectivity index (χ1n) is 7.67. The highest BCUT2D eigenvalue weighted by Gasteiger charge is 2.08. The van der Waals surface area contributed by atoms with E-state index in [1.165, 1.54) is 5.56 Å². The van der Waals surface area contributed by atoms with Gasteiger partial charge in [-0.25, -0.2) is 4.98 Å². The highest BCUT2D eigenvalue weighted by Crippen LogP contribution is 2.16. The molecule has 1 rings (SSSR count). The predicted octanol–water partition coefficient (Wildman–Crippen LogP) is 2.53. The molecule has 1 aromatic rings. The molecule has 0 aliphatic heterocycles. The largest absolute Gasteiger partial charge is 0.357 e. The van der Waals surface area contributed by atoms with E-state index in [1.807, 2.05) is 6.20 Å². The molecule has 0 saturated heterocycles. The fourth-order valence-electron chi connectivity index (χ4n) is 2.28. The molecule has 0 saturated carbocycles. The van der Waals surface area contributed by atoms with Gasteiger partial charge >= 0.3 is 0 Å². The van der Waals surface area contributed by atoms with Crippen LogP contribution in [0.4, 0.5) is 5.82 Å². The summed E-state index contributed by atoms with van der Waals surface area (Å²) in [4.78, 5) is 9.19. The number of hydrogen-bond donors (Lipinski definition) is 1. The quantitative estimate of drug-likeness (QED) is 0.752. The van der Waals surface area contributed by atoms with Crippen LogP contribution in [0.2, 0.25) is 0 Å². The minimum atomic E-state index is 0.366. The number of pyridine rings is 1. The summed E-state index contributed by atoms with van der Waals surface area (Å²) in [5, 5.41) is 3.41. The molecule has 1 aromatic heterocycles. The Morgan fingerprint density at radius 2 is 1.95 bits per heavy atom. The van der Waals surface area contributed by atoms with Crippen LogP contribution in [0.25, 0.3) is 0 Å². The van der Waals surface area contributed by atoms with Crippen molar-refractivity contribution < 1.29 is 0 Å². The standard InChI is InChI=1S/C16H30N4/c1-6-17-14(3)15-9-10-16(18-13-15)20(7-2)12-8-11-19(4)5/h9-10,13-14,17H,6-8,11-12H2,1-5H3. The Hall–Kier alpha value is -1.13. The number of aromatic nitrogens is 1. The van der Waals surface area contributed by atoms with E-state index in [9.17, 15) is 0 Å². The summed E-state index contributed by atoms with van der Waals surface area (Å²) < 4.78 is 0. The molecule has 0 fully saturated rings. The van der Waals surface area contributed by atoms with Crippen molar-refractivity contribution in [2.24, 2.45) is 0 Å². The number of hydrogen-bond acceptors (Lipinski definition) is 4. The summed E-state index contributed by atoms with van der Waals surface area (Å²) in [6.45, 7) is 10.6. The molecule has 4 nitrogen and oxygen atoms in total. The van der Waals surface area contributed by atoms with Crippen LogP contribution in [0.1, 0.15) is 38.8 Å². The van der Waals surface area contributed by atoms with Gasteiger partial charge in [-0.2, -0.15) is 0 Å². The van der Waals surface area contributed by atoms with Crippen LogP contribution in [0.15, 0.2) is 18.3 Å². The topological polar surface area (TPSA) is 31.4 Å². The maximum Gasteiger partial charge on any atom is 0.128 e. The van der Waals surface area contributed by atoms with E-state index >= 15 is 0 Å². The Labute approximate surface area is 124 Å². The number of nitrogens with zero attached hydrogens (tertiary/aromatic N) is 3. The van der Waals surface area contributed by atoms with Crippen molar-refractivity contribution in [1.29, 1.82) is 0 Å². The third-order valence-electron chi connectivity index (χ3n) is 3.52. The molecule has 0 aromatic carbocycles. The summed E-state index contributed by atoms with van der Waals surface area (Å²) in [6, 6.07) is 4.69. The molecule has 20 heavy (non-hydrogen) atoms. The highest BCUT2D eigenvalue weighted by molar-refractivity contribution is 5.39. The van der Waals surface area contributed by atoms with Crippen molar-refractivity contribution in [2.45, 2.75) is 33.2 Å². The maximum atomic E-state index is 4.62. The lowest BCUT2D eigenvalue weighted by molar-refractivity contribution is 0.400. The van der Waals surface area contributed by atoms with Gasteiger partial charge in [0.2, 0.25) is 0 Å². The molecule has 1 N–H and O–H groups in total. The minimum absolute atomic E-state index is 0.366. The van der Waals surface area contributed by atoms with Gasteiger partial charge in [-0.05, 0) is 59.1 Å². The molecule has 0 radical (unpaired) electrons. The van der Waals surface area contributed by atoms with E-state index in [4.69, 9.17) is 0 Å². The zero-order valence-corrected chi connectivity index (χ0v) is 13.7. The third kappa shape index (κ3) is 5.47. The lowest BCUT2D eigenvalue weighted by Gasteiger charge is -2.23. The second kappa shape index (κ2) is 8.93. The van der Waals surface area contributed by atoms with Crippen molar-refractivity contribution in [3.63, 3.8) is 0 Å². The van der Waals surface area contributed by atoms with Crippen molar-refractivity contribution >= 4 is 5.82 Å². The average molecular weight is 278 g/mol. The van der Waals surface area contributed by atoms with Crippen LogP contribution in [-0.2, 0) is 0 Å². The van der Waals surface area contributed by atoms with Gasteiger partial charge in [-0.1, -0.05) is 13.0 Å². The maximum absolute atomic E-state index is 4.62. The van der Waals surface area contributed by atoms with Gasteiger partial charge in [0.15, 0.2) is 0 Å². The van der Waals surface area contributed by atoms with Gasteiger partial charge < -0.3 is 15.1 Å². The van der Waals surface area contributed by atoms with E-state index in [-0.39, 0.29) is 0 Å². The molecule has 0 aliphatic carbocycles. The normalized spacial score (nSPS) is 12.7. The van der Waals surface area contributed by atoms with E-state index in [0.29, 0.717) is 6.04 Å². The minimum Gasteiger partial charge on any atom is -0.357 e. The first kappa shape index (κ1) is 16.9. The van der Waals surface area contributed by atoms with Gasteiger partial charge in [-0.15, -0.1) is 0 Å².